The van der Waals surface area contributed by atoms with Crippen molar-refractivity contribution < 1.29 is 9.47 Å². The van der Waals surface area contributed by atoms with Gasteiger partial charge in [0, 0.05) is 5.56 Å². The number of halogens is 1. The summed E-state index contributed by atoms with van der Waals surface area (Å²) in [6.07, 6.45) is 0. The number of pyridine rings is 1. The number of benzene rings is 1. The summed E-state index contributed by atoms with van der Waals surface area (Å²) in [5, 5.41) is 9.50. The molecule has 1 aromatic carbocycles. The standard InChI is InChI=1S/C15H8BrN3O2/c16-13-2-1-3-14-18-15(10(7-17)19(13)14)9-4-5-11-12(6-9)21-8-20-11/h1-6H,8H2. The minimum absolute atomic E-state index is 0.223. The molecule has 0 spiro atoms. The average Bonchev–Trinajstić information content (AvgIpc) is 3.10. The second-order valence-electron chi connectivity index (χ2n) is 4.53. The third-order valence-electron chi connectivity index (χ3n) is 3.35. The molecular weight excluding hydrogens is 334 g/mol. The summed E-state index contributed by atoms with van der Waals surface area (Å²) in [5.41, 5.74) is 2.65. The first kappa shape index (κ1) is 12.2. The number of aromatic nitrogens is 2. The molecule has 0 amide bonds. The fourth-order valence-electron chi connectivity index (χ4n) is 2.40. The largest absolute Gasteiger partial charge is 0.454 e. The topological polar surface area (TPSA) is 59.5 Å². The SMILES string of the molecule is N#Cc1c(-c2ccc3c(c2)OCO3)nc2cccc(Br)n12. The van der Waals surface area contributed by atoms with Crippen molar-refractivity contribution in [1.29, 1.82) is 5.26 Å². The first-order valence-corrected chi connectivity index (χ1v) is 7.04. The Morgan fingerprint density at radius 2 is 2.05 bits per heavy atom. The van der Waals surface area contributed by atoms with Crippen molar-refractivity contribution in [2.75, 3.05) is 6.79 Å². The molecule has 0 bridgehead atoms. The van der Waals surface area contributed by atoms with Crippen LogP contribution in [0.4, 0.5) is 0 Å². The first-order valence-electron chi connectivity index (χ1n) is 6.25. The van der Waals surface area contributed by atoms with Gasteiger partial charge in [-0.2, -0.15) is 5.26 Å². The fourth-order valence-corrected chi connectivity index (χ4v) is 2.91. The monoisotopic (exact) mass is 341 g/mol. The van der Waals surface area contributed by atoms with E-state index in [0.29, 0.717) is 28.5 Å². The molecule has 0 N–H and O–H groups in total. The zero-order valence-electron chi connectivity index (χ0n) is 10.7. The van der Waals surface area contributed by atoms with Gasteiger partial charge in [0.15, 0.2) is 17.2 Å². The zero-order valence-corrected chi connectivity index (χ0v) is 12.3. The van der Waals surface area contributed by atoms with Crippen molar-refractivity contribution in [3.05, 3.63) is 46.7 Å². The molecule has 4 rings (SSSR count). The number of fused-ring (bicyclic) bond motifs is 2. The van der Waals surface area contributed by atoms with Gasteiger partial charge in [-0.25, -0.2) is 4.98 Å². The van der Waals surface area contributed by atoms with Crippen LogP contribution in [-0.2, 0) is 0 Å². The van der Waals surface area contributed by atoms with E-state index in [1.54, 1.807) is 4.40 Å². The molecule has 102 valence electrons. The lowest BCUT2D eigenvalue weighted by atomic mass is 10.1. The molecule has 0 atom stereocenters. The van der Waals surface area contributed by atoms with Gasteiger partial charge in [0.05, 0.1) is 4.60 Å². The minimum atomic E-state index is 0.223. The van der Waals surface area contributed by atoms with E-state index in [4.69, 9.17) is 9.47 Å². The number of ether oxygens (including phenoxy) is 2. The van der Waals surface area contributed by atoms with Gasteiger partial charge in [-0.1, -0.05) is 6.07 Å². The lowest BCUT2D eigenvalue weighted by molar-refractivity contribution is 0.174. The molecular formula is C15H8BrN3O2. The van der Waals surface area contributed by atoms with Crippen molar-refractivity contribution in [3.63, 3.8) is 0 Å². The van der Waals surface area contributed by atoms with Gasteiger partial charge < -0.3 is 9.47 Å². The first-order chi connectivity index (χ1) is 10.3. The third kappa shape index (κ3) is 1.78. The molecule has 5 nitrogen and oxygen atoms in total. The number of hydrogen-bond acceptors (Lipinski definition) is 4. The normalized spacial score (nSPS) is 12.6. The molecule has 0 radical (unpaired) electrons. The van der Waals surface area contributed by atoms with Crippen LogP contribution < -0.4 is 9.47 Å². The fraction of sp³-hybridized carbons (Fsp3) is 0.0667. The molecule has 1 aliphatic rings. The van der Waals surface area contributed by atoms with Gasteiger partial charge in [-0.05, 0) is 46.3 Å². The van der Waals surface area contributed by atoms with Crippen LogP contribution in [0.2, 0.25) is 0 Å². The molecule has 6 heteroatoms. The number of nitrogens with zero attached hydrogens (tertiary/aromatic N) is 3. The highest BCUT2D eigenvalue weighted by Crippen LogP contribution is 2.37. The maximum absolute atomic E-state index is 9.50. The second kappa shape index (κ2) is 4.50. The van der Waals surface area contributed by atoms with E-state index in [2.05, 4.69) is 27.0 Å². The van der Waals surface area contributed by atoms with Crippen molar-refractivity contribution in [1.82, 2.24) is 9.38 Å². The predicted octanol–water partition coefficient (Wildman–Crippen LogP) is 3.36. The van der Waals surface area contributed by atoms with Crippen molar-refractivity contribution in [3.8, 4) is 28.8 Å². The second-order valence-corrected chi connectivity index (χ2v) is 5.34. The van der Waals surface area contributed by atoms with E-state index < -0.39 is 0 Å². The predicted molar refractivity (Wildman–Crippen MR) is 79.2 cm³/mol. The Hall–Kier alpha value is -2.52. The summed E-state index contributed by atoms with van der Waals surface area (Å²) in [5.74, 6) is 1.38. The summed E-state index contributed by atoms with van der Waals surface area (Å²) < 4.78 is 13.3. The summed E-state index contributed by atoms with van der Waals surface area (Å²) >= 11 is 3.45. The Bertz CT molecular complexity index is 911. The van der Waals surface area contributed by atoms with Crippen LogP contribution >= 0.6 is 15.9 Å². The smallest absolute Gasteiger partial charge is 0.231 e. The molecule has 3 aromatic rings. The van der Waals surface area contributed by atoms with E-state index in [1.807, 2.05) is 36.4 Å². The van der Waals surface area contributed by atoms with Crippen LogP contribution in [0.1, 0.15) is 5.69 Å². The van der Waals surface area contributed by atoms with Gasteiger partial charge in [0.25, 0.3) is 0 Å². The number of hydrogen-bond donors (Lipinski definition) is 0. The van der Waals surface area contributed by atoms with Gasteiger partial charge in [0.2, 0.25) is 6.79 Å². The van der Waals surface area contributed by atoms with E-state index in [1.165, 1.54) is 0 Å². The highest BCUT2D eigenvalue weighted by Gasteiger charge is 2.19. The van der Waals surface area contributed by atoms with Gasteiger partial charge in [-0.3, -0.25) is 4.40 Å². The summed E-state index contributed by atoms with van der Waals surface area (Å²) in [6, 6.07) is 13.4. The molecule has 0 saturated carbocycles. The molecule has 3 heterocycles. The maximum Gasteiger partial charge on any atom is 0.231 e. The molecule has 1 aliphatic heterocycles. The van der Waals surface area contributed by atoms with E-state index in [9.17, 15) is 5.26 Å². The average molecular weight is 342 g/mol. The van der Waals surface area contributed by atoms with Crippen molar-refractivity contribution in [2.45, 2.75) is 0 Å². The Kier molecular flexibility index (Phi) is 2.62. The number of imidazole rings is 1. The molecule has 0 saturated heterocycles. The quantitative estimate of drug-likeness (QED) is 0.636. The van der Waals surface area contributed by atoms with Crippen molar-refractivity contribution >= 4 is 21.6 Å². The van der Waals surface area contributed by atoms with Crippen molar-refractivity contribution in [2.24, 2.45) is 0 Å². The van der Waals surface area contributed by atoms with E-state index in [-0.39, 0.29) is 6.79 Å². The van der Waals surface area contributed by atoms with Crippen LogP contribution in [-0.4, -0.2) is 16.2 Å². The Morgan fingerprint density at radius 3 is 2.90 bits per heavy atom. The lowest BCUT2D eigenvalue weighted by Crippen LogP contribution is -1.93. The van der Waals surface area contributed by atoms with Crippen LogP contribution in [0, 0.1) is 11.3 Å². The highest BCUT2D eigenvalue weighted by molar-refractivity contribution is 9.10. The van der Waals surface area contributed by atoms with Gasteiger partial charge in [-0.15, -0.1) is 0 Å². The zero-order chi connectivity index (χ0) is 14.4. The van der Waals surface area contributed by atoms with Gasteiger partial charge in [0.1, 0.15) is 17.4 Å². The summed E-state index contributed by atoms with van der Waals surface area (Å²) in [4.78, 5) is 4.55. The number of nitriles is 1. The molecule has 21 heavy (non-hydrogen) atoms. The van der Waals surface area contributed by atoms with Crippen LogP contribution in [0.3, 0.4) is 0 Å². The molecule has 2 aromatic heterocycles. The lowest BCUT2D eigenvalue weighted by Gasteiger charge is -2.01. The Morgan fingerprint density at radius 1 is 1.19 bits per heavy atom. The third-order valence-corrected chi connectivity index (χ3v) is 3.97. The Labute approximate surface area is 128 Å². The van der Waals surface area contributed by atoms with Crippen LogP contribution in [0.5, 0.6) is 11.5 Å². The minimum Gasteiger partial charge on any atom is -0.454 e. The van der Waals surface area contributed by atoms with Crippen LogP contribution in [0.15, 0.2) is 41.0 Å². The Balaban J connectivity index is 1.99. The molecule has 0 unspecified atom stereocenters. The van der Waals surface area contributed by atoms with E-state index >= 15 is 0 Å². The summed E-state index contributed by atoms with van der Waals surface area (Å²) in [6.45, 7) is 0.223. The van der Waals surface area contributed by atoms with Gasteiger partial charge >= 0.3 is 0 Å². The maximum atomic E-state index is 9.50. The highest BCUT2D eigenvalue weighted by atomic mass is 79.9. The van der Waals surface area contributed by atoms with E-state index in [0.717, 1.165) is 10.2 Å². The van der Waals surface area contributed by atoms with Crippen LogP contribution in [0.25, 0.3) is 16.9 Å². The molecule has 0 aliphatic carbocycles. The summed E-state index contributed by atoms with van der Waals surface area (Å²) in [7, 11) is 0. The number of rotatable bonds is 1. The molecule has 0 fully saturated rings.